The van der Waals surface area contributed by atoms with E-state index >= 15 is 0 Å². The molecule has 6 heteroatoms. The van der Waals surface area contributed by atoms with E-state index in [0.29, 0.717) is 30.4 Å². The number of aromatic amines is 1. The number of nitrogens with one attached hydrogen (secondary N) is 1. The minimum absolute atomic E-state index is 0.0950. The fourth-order valence-electron chi connectivity index (χ4n) is 1.72. The van der Waals surface area contributed by atoms with Crippen LogP contribution in [-0.2, 0) is 4.79 Å². The number of nitrogen functional groups attached to an aromatic ring is 1. The minimum Gasteiger partial charge on any atom is -0.394 e. The number of aryl methyl sites for hydroxylation is 1. The third-order valence-corrected chi connectivity index (χ3v) is 3.57. The fourth-order valence-corrected chi connectivity index (χ4v) is 2.15. The average molecular weight is 273 g/mol. The predicted octanol–water partition coefficient (Wildman–Crippen LogP) is 1.05. The Morgan fingerprint density at radius 1 is 1.73 bits per heavy atom. The van der Waals surface area contributed by atoms with E-state index in [-0.39, 0.29) is 5.91 Å². The van der Waals surface area contributed by atoms with Crippen LogP contribution in [0.1, 0.15) is 12.1 Å². The molecule has 2 rings (SSSR count). The second kappa shape index (κ2) is 3.84. The van der Waals surface area contributed by atoms with E-state index in [0.717, 1.165) is 11.0 Å². The first-order valence-electron chi connectivity index (χ1n) is 4.80. The van der Waals surface area contributed by atoms with Crippen molar-refractivity contribution in [3.8, 4) is 0 Å². The zero-order valence-electron chi connectivity index (χ0n) is 8.46. The maximum atomic E-state index is 11.7. The van der Waals surface area contributed by atoms with Crippen LogP contribution in [0.15, 0.2) is 0 Å². The number of amides is 1. The van der Waals surface area contributed by atoms with Gasteiger partial charge in [0.1, 0.15) is 0 Å². The second-order valence-corrected chi connectivity index (χ2v) is 4.46. The Balaban J connectivity index is 2.25. The lowest BCUT2D eigenvalue weighted by molar-refractivity contribution is -0.117. The first kappa shape index (κ1) is 10.5. The maximum absolute atomic E-state index is 11.7. The topological polar surface area (TPSA) is 75.0 Å². The zero-order valence-corrected chi connectivity index (χ0v) is 10.0. The highest BCUT2D eigenvalue weighted by atomic mass is 79.9. The first-order valence-corrected chi connectivity index (χ1v) is 5.92. The van der Waals surface area contributed by atoms with Crippen molar-refractivity contribution in [3.05, 3.63) is 5.69 Å². The van der Waals surface area contributed by atoms with E-state index in [1.54, 1.807) is 4.90 Å². The highest BCUT2D eigenvalue weighted by Crippen LogP contribution is 2.29. The average Bonchev–Trinajstić information content (AvgIpc) is 2.73. The lowest BCUT2D eigenvalue weighted by Crippen LogP contribution is -2.25. The third kappa shape index (κ3) is 1.73. The van der Waals surface area contributed by atoms with Gasteiger partial charge in [-0.2, -0.15) is 5.10 Å². The van der Waals surface area contributed by atoms with Crippen LogP contribution in [-0.4, -0.2) is 28.0 Å². The van der Waals surface area contributed by atoms with Crippen molar-refractivity contribution in [2.45, 2.75) is 13.3 Å². The molecule has 5 nitrogen and oxygen atoms in total. The Kier molecular flexibility index (Phi) is 2.68. The Bertz CT molecular complexity index is 389. The Labute approximate surface area is 96.1 Å². The van der Waals surface area contributed by atoms with Crippen molar-refractivity contribution in [2.75, 3.05) is 22.5 Å². The van der Waals surface area contributed by atoms with Gasteiger partial charge >= 0.3 is 0 Å². The lowest BCUT2D eigenvalue weighted by Gasteiger charge is -2.13. The predicted molar refractivity (Wildman–Crippen MR) is 62.0 cm³/mol. The normalized spacial score (nSPS) is 21.3. The number of carbonyl (C=O) groups is 1. The largest absolute Gasteiger partial charge is 0.394 e. The number of carbonyl (C=O) groups excluding carboxylic acids is 1. The molecule has 1 aliphatic rings. The van der Waals surface area contributed by atoms with E-state index in [1.807, 2.05) is 6.92 Å². The van der Waals surface area contributed by atoms with Gasteiger partial charge in [0.05, 0.1) is 11.4 Å². The summed E-state index contributed by atoms with van der Waals surface area (Å²) < 4.78 is 0. The number of nitrogens with zero attached hydrogens (tertiary/aromatic N) is 2. The minimum atomic E-state index is 0.0950. The Morgan fingerprint density at radius 3 is 2.93 bits per heavy atom. The maximum Gasteiger partial charge on any atom is 0.228 e. The lowest BCUT2D eigenvalue weighted by atomic mass is 10.2. The van der Waals surface area contributed by atoms with Crippen molar-refractivity contribution in [3.63, 3.8) is 0 Å². The van der Waals surface area contributed by atoms with Gasteiger partial charge < -0.3 is 5.73 Å². The molecular formula is C9H13BrN4O. The SMILES string of the molecule is Cc1[nH]nc(N2CC(CBr)CC2=O)c1N. The number of hydrogen-bond donors (Lipinski definition) is 2. The molecule has 15 heavy (non-hydrogen) atoms. The van der Waals surface area contributed by atoms with Gasteiger partial charge in [-0.3, -0.25) is 14.8 Å². The molecule has 0 bridgehead atoms. The van der Waals surface area contributed by atoms with Crippen molar-refractivity contribution in [1.82, 2.24) is 10.2 Å². The number of hydrogen-bond acceptors (Lipinski definition) is 3. The van der Waals surface area contributed by atoms with Crippen LogP contribution in [0.25, 0.3) is 0 Å². The number of aromatic nitrogens is 2. The van der Waals surface area contributed by atoms with E-state index in [9.17, 15) is 4.79 Å². The number of anilines is 2. The summed E-state index contributed by atoms with van der Waals surface area (Å²) in [6.45, 7) is 2.53. The smallest absolute Gasteiger partial charge is 0.228 e. The van der Waals surface area contributed by atoms with Crippen LogP contribution in [0.4, 0.5) is 11.5 Å². The zero-order chi connectivity index (χ0) is 11.0. The van der Waals surface area contributed by atoms with E-state index in [1.165, 1.54) is 0 Å². The molecule has 0 aromatic carbocycles. The van der Waals surface area contributed by atoms with Crippen molar-refractivity contribution < 1.29 is 4.79 Å². The molecule has 1 atom stereocenters. The molecule has 0 radical (unpaired) electrons. The summed E-state index contributed by atoms with van der Waals surface area (Å²) in [6.07, 6.45) is 0.566. The summed E-state index contributed by atoms with van der Waals surface area (Å²) in [4.78, 5) is 13.4. The van der Waals surface area contributed by atoms with Crippen LogP contribution in [0.5, 0.6) is 0 Å². The van der Waals surface area contributed by atoms with Gasteiger partial charge in [-0.25, -0.2) is 0 Å². The summed E-state index contributed by atoms with van der Waals surface area (Å²) in [5.74, 6) is 1.02. The van der Waals surface area contributed by atoms with Crippen molar-refractivity contribution >= 4 is 33.3 Å². The monoisotopic (exact) mass is 272 g/mol. The van der Waals surface area contributed by atoms with E-state index in [2.05, 4.69) is 26.1 Å². The van der Waals surface area contributed by atoms with Crippen molar-refractivity contribution in [2.24, 2.45) is 5.92 Å². The molecule has 1 amide bonds. The molecule has 1 aliphatic heterocycles. The van der Waals surface area contributed by atoms with Crippen LogP contribution >= 0.6 is 15.9 Å². The van der Waals surface area contributed by atoms with Gasteiger partial charge in [0, 0.05) is 18.3 Å². The van der Waals surface area contributed by atoms with Crippen LogP contribution < -0.4 is 10.6 Å². The molecule has 2 heterocycles. The highest BCUT2D eigenvalue weighted by molar-refractivity contribution is 9.09. The van der Waals surface area contributed by atoms with Gasteiger partial charge in [0.2, 0.25) is 5.91 Å². The molecule has 82 valence electrons. The van der Waals surface area contributed by atoms with Crippen LogP contribution in [0.3, 0.4) is 0 Å². The molecule has 1 aromatic heterocycles. The van der Waals surface area contributed by atoms with E-state index < -0.39 is 0 Å². The number of halogens is 1. The number of H-pyrrole nitrogens is 1. The molecule has 1 saturated heterocycles. The van der Waals surface area contributed by atoms with Crippen LogP contribution in [0, 0.1) is 12.8 Å². The second-order valence-electron chi connectivity index (χ2n) is 3.81. The molecule has 0 spiro atoms. The highest BCUT2D eigenvalue weighted by Gasteiger charge is 2.32. The van der Waals surface area contributed by atoms with Crippen molar-refractivity contribution in [1.29, 1.82) is 0 Å². The summed E-state index contributed by atoms with van der Waals surface area (Å²) in [6, 6.07) is 0. The molecule has 0 saturated carbocycles. The van der Waals surface area contributed by atoms with Gasteiger partial charge in [0.15, 0.2) is 5.82 Å². The van der Waals surface area contributed by atoms with Gasteiger partial charge in [-0.05, 0) is 12.8 Å². The Morgan fingerprint density at radius 2 is 2.47 bits per heavy atom. The first-order chi connectivity index (χ1) is 7.13. The molecule has 1 fully saturated rings. The molecule has 0 aliphatic carbocycles. The summed E-state index contributed by atoms with van der Waals surface area (Å²) >= 11 is 3.39. The number of rotatable bonds is 2. The third-order valence-electron chi connectivity index (χ3n) is 2.65. The summed E-state index contributed by atoms with van der Waals surface area (Å²) in [5, 5.41) is 7.67. The summed E-state index contributed by atoms with van der Waals surface area (Å²) in [7, 11) is 0. The van der Waals surface area contributed by atoms with Gasteiger partial charge in [-0.15, -0.1) is 0 Å². The molecule has 3 N–H and O–H groups in total. The molecule has 1 unspecified atom stereocenters. The van der Waals surface area contributed by atoms with E-state index in [4.69, 9.17) is 5.73 Å². The van der Waals surface area contributed by atoms with Gasteiger partial charge in [0.25, 0.3) is 0 Å². The molecule has 1 aromatic rings. The van der Waals surface area contributed by atoms with Gasteiger partial charge in [-0.1, -0.05) is 15.9 Å². The fraction of sp³-hybridized carbons (Fsp3) is 0.556. The summed E-state index contributed by atoms with van der Waals surface area (Å²) in [5.41, 5.74) is 7.21. The van der Waals surface area contributed by atoms with Crippen LogP contribution in [0.2, 0.25) is 0 Å². The number of nitrogens with two attached hydrogens (primary N) is 1. The Hall–Kier alpha value is -1.04. The standard InChI is InChI=1S/C9H13BrN4O/c1-5-8(11)9(13-12-5)14-4-6(3-10)2-7(14)15/h6H,2-4,11H2,1H3,(H,12,13). The molecular weight excluding hydrogens is 260 g/mol. The number of alkyl halides is 1. The quantitative estimate of drug-likeness (QED) is 0.791.